The molecule has 34 heavy (non-hydrogen) atoms. The Balaban J connectivity index is 1.71. The number of sulfonamides is 1. The molecule has 3 aromatic carbocycles. The van der Waals surface area contributed by atoms with E-state index in [1.165, 1.54) is 18.5 Å². The molecule has 0 aliphatic heterocycles. The lowest BCUT2D eigenvalue weighted by Crippen LogP contribution is -2.12. The largest absolute Gasteiger partial charge is 0.340 e. The molecule has 0 bridgehead atoms. The van der Waals surface area contributed by atoms with E-state index in [0.717, 1.165) is 33.5 Å². The summed E-state index contributed by atoms with van der Waals surface area (Å²) >= 11 is 6.12. The van der Waals surface area contributed by atoms with Crippen molar-refractivity contribution in [1.29, 1.82) is 0 Å². The molecule has 0 saturated carbocycles. The number of nitrogens with two attached hydrogens (primary N) is 1. The van der Waals surface area contributed by atoms with Crippen LogP contribution < -0.4 is 10.5 Å². The predicted octanol–water partition coefficient (Wildman–Crippen LogP) is 5.44. The molecular weight excluding hydrogens is 470 g/mol. The van der Waals surface area contributed by atoms with E-state index >= 15 is 0 Å². The summed E-state index contributed by atoms with van der Waals surface area (Å²) < 4.78 is 25.3. The Morgan fingerprint density at radius 3 is 2.24 bits per heavy atom. The summed E-state index contributed by atoms with van der Waals surface area (Å²) in [7, 11) is -3.79. The molecule has 0 aliphatic carbocycles. The number of nitrogens with zero attached hydrogens (tertiary/aromatic N) is 3. The molecule has 0 atom stereocenters. The summed E-state index contributed by atoms with van der Waals surface area (Å²) in [6.45, 7) is 2.03. The Hall–Kier alpha value is -3.72. The fourth-order valence-electron chi connectivity index (χ4n) is 3.77. The highest BCUT2D eigenvalue weighted by atomic mass is 35.5. The van der Waals surface area contributed by atoms with E-state index in [4.69, 9.17) is 16.7 Å². The molecule has 170 valence electrons. The first-order chi connectivity index (χ1) is 16.3. The van der Waals surface area contributed by atoms with Gasteiger partial charge in [-0.05, 0) is 61.0 Å². The maximum atomic E-state index is 11.7. The third-order valence-electron chi connectivity index (χ3n) is 5.50. The average Bonchev–Trinajstić information content (AvgIpc) is 3.21. The quantitative estimate of drug-likeness (QED) is 0.342. The van der Waals surface area contributed by atoms with Crippen molar-refractivity contribution >= 4 is 44.2 Å². The number of nitrogens with one attached hydrogen (secondary N) is 1. The van der Waals surface area contributed by atoms with Crippen LogP contribution >= 0.6 is 11.6 Å². The highest BCUT2D eigenvalue weighted by molar-refractivity contribution is 7.89. The molecule has 9 heteroatoms. The molecule has 0 amide bonds. The average molecular weight is 490 g/mol. The van der Waals surface area contributed by atoms with Crippen molar-refractivity contribution in [2.45, 2.75) is 11.8 Å². The smallest absolute Gasteiger partial charge is 0.238 e. The van der Waals surface area contributed by atoms with E-state index < -0.39 is 10.0 Å². The number of halogens is 1. The summed E-state index contributed by atoms with van der Waals surface area (Å²) in [6, 6.07) is 21.9. The van der Waals surface area contributed by atoms with Crippen molar-refractivity contribution in [3.8, 4) is 16.8 Å². The van der Waals surface area contributed by atoms with Gasteiger partial charge >= 0.3 is 0 Å². The molecule has 3 N–H and O–H groups in total. The number of anilines is 2. The van der Waals surface area contributed by atoms with E-state index in [-0.39, 0.29) is 4.90 Å². The molecule has 5 aromatic rings. The fourth-order valence-corrected chi connectivity index (χ4v) is 4.41. The molecule has 0 unspecified atom stereocenters. The van der Waals surface area contributed by atoms with Gasteiger partial charge in [0.1, 0.15) is 12.1 Å². The third kappa shape index (κ3) is 4.26. The van der Waals surface area contributed by atoms with Gasteiger partial charge in [0, 0.05) is 28.2 Å². The number of aryl methyl sites for hydroxylation is 1. The van der Waals surface area contributed by atoms with Crippen molar-refractivity contribution in [2.75, 3.05) is 5.32 Å². The maximum Gasteiger partial charge on any atom is 0.238 e. The molecule has 0 fully saturated rings. The molecule has 0 aliphatic rings. The first kappa shape index (κ1) is 22.1. The highest BCUT2D eigenvalue weighted by Crippen LogP contribution is 2.36. The van der Waals surface area contributed by atoms with E-state index in [1.54, 1.807) is 12.1 Å². The molecule has 2 heterocycles. The van der Waals surface area contributed by atoms with Crippen LogP contribution in [0.15, 0.2) is 90.2 Å². The first-order valence-electron chi connectivity index (χ1n) is 10.4. The van der Waals surface area contributed by atoms with Gasteiger partial charge in [-0.1, -0.05) is 41.4 Å². The molecule has 7 nitrogen and oxygen atoms in total. The SMILES string of the molecule is Cc1ccc(Nc2ncnc3c2c(-c2ccc(Cl)cc2)cn3-c2ccc(S(N)(=O)=O)cc2)cc1. The van der Waals surface area contributed by atoms with Crippen LogP contribution in [0.4, 0.5) is 11.5 Å². The lowest BCUT2D eigenvalue weighted by Gasteiger charge is -2.09. The second-order valence-corrected chi connectivity index (χ2v) is 9.87. The van der Waals surface area contributed by atoms with Crippen LogP contribution in [-0.4, -0.2) is 23.0 Å². The molecule has 5 rings (SSSR count). The van der Waals surface area contributed by atoms with Gasteiger partial charge in [-0.2, -0.15) is 0 Å². The fraction of sp³-hybridized carbons (Fsp3) is 0.0400. The zero-order valence-electron chi connectivity index (χ0n) is 18.1. The van der Waals surface area contributed by atoms with Crippen LogP contribution in [0.5, 0.6) is 0 Å². The van der Waals surface area contributed by atoms with Crippen LogP contribution in [0.1, 0.15) is 5.56 Å². The van der Waals surface area contributed by atoms with Crippen molar-refractivity contribution in [3.63, 3.8) is 0 Å². The van der Waals surface area contributed by atoms with Gasteiger partial charge in [0.05, 0.1) is 10.3 Å². The number of hydrogen-bond acceptors (Lipinski definition) is 5. The Labute approximate surface area is 201 Å². The van der Waals surface area contributed by atoms with Crippen LogP contribution in [0.2, 0.25) is 5.02 Å². The van der Waals surface area contributed by atoms with Crippen molar-refractivity contribution in [3.05, 3.63) is 95.9 Å². The van der Waals surface area contributed by atoms with Gasteiger partial charge in [0.2, 0.25) is 10.0 Å². The number of hydrogen-bond donors (Lipinski definition) is 2. The van der Waals surface area contributed by atoms with Gasteiger partial charge in [0.25, 0.3) is 0 Å². The number of benzene rings is 3. The number of fused-ring (bicyclic) bond motifs is 1. The summed E-state index contributed by atoms with van der Waals surface area (Å²) in [4.78, 5) is 9.12. The van der Waals surface area contributed by atoms with Crippen LogP contribution in [-0.2, 0) is 10.0 Å². The topological polar surface area (TPSA) is 103 Å². The van der Waals surface area contributed by atoms with Crippen LogP contribution in [0, 0.1) is 6.92 Å². The van der Waals surface area contributed by atoms with E-state index in [9.17, 15) is 8.42 Å². The van der Waals surface area contributed by atoms with Crippen molar-refractivity contribution in [1.82, 2.24) is 14.5 Å². The van der Waals surface area contributed by atoms with Gasteiger partial charge in [0.15, 0.2) is 5.65 Å². The molecule has 0 saturated heterocycles. The second kappa shape index (κ2) is 8.57. The molecular formula is C25H20ClN5O2S. The zero-order chi connectivity index (χ0) is 23.9. The Morgan fingerprint density at radius 1 is 0.912 bits per heavy atom. The van der Waals surface area contributed by atoms with Crippen molar-refractivity contribution in [2.24, 2.45) is 5.14 Å². The lowest BCUT2D eigenvalue weighted by molar-refractivity contribution is 0.598. The van der Waals surface area contributed by atoms with E-state index in [0.29, 0.717) is 16.5 Å². The minimum absolute atomic E-state index is 0.0435. The highest BCUT2D eigenvalue weighted by Gasteiger charge is 2.18. The van der Waals surface area contributed by atoms with E-state index in [2.05, 4.69) is 15.3 Å². The second-order valence-electron chi connectivity index (χ2n) is 7.87. The normalized spacial score (nSPS) is 11.6. The predicted molar refractivity (Wildman–Crippen MR) is 135 cm³/mol. The van der Waals surface area contributed by atoms with Gasteiger partial charge in [-0.3, -0.25) is 0 Å². The van der Waals surface area contributed by atoms with Gasteiger partial charge < -0.3 is 9.88 Å². The monoisotopic (exact) mass is 489 g/mol. The Morgan fingerprint density at radius 2 is 1.59 bits per heavy atom. The van der Waals surface area contributed by atoms with Crippen molar-refractivity contribution < 1.29 is 8.42 Å². The van der Waals surface area contributed by atoms with Gasteiger partial charge in [-0.25, -0.2) is 23.5 Å². The maximum absolute atomic E-state index is 11.7. The standard InChI is InChI=1S/C25H20ClN5O2S/c1-16-2-8-19(9-3-16)30-24-23-22(17-4-6-18(26)7-5-17)14-31(25(23)29-15-28-24)20-10-12-21(13-11-20)34(27,32)33/h2-15H,1H3,(H2,27,32,33)(H,28,29,30). The zero-order valence-corrected chi connectivity index (χ0v) is 19.7. The molecule has 0 radical (unpaired) electrons. The number of rotatable bonds is 5. The minimum Gasteiger partial charge on any atom is -0.340 e. The van der Waals surface area contributed by atoms with Crippen LogP contribution in [0.25, 0.3) is 27.8 Å². The first-order valence-corrected chi connectivity index (χ1v) is 12.3. The lowest BCUT2D eigenvalue weighted by atomic mass is 10.1. The van der Waals surface area contributed by atoms with Gasteiger partial charge in [-0.15, -0.1) is 0 Å². The number of aromatic nitrogens is 3. The van der Waals surface area contributed by atoms with Crippen LogP contribution in [0.3, 0.4) is 0 Å². The Kier molecular flexibility index (Phi) is 5.57. The number of primary sulfonamides is 1. The summed E-state index contributed by atoms with van der Waals surface area (Å²) in [5.41, 5.74) is 5.30. The summed E-state index contributed by atoms with van der Waals surface area (Å²) in [5, 5.41) is 10.1. The minimum atomic E-state index is -3.79. The Bertz CT molecular complexity index is 1600. The molecule has 0 spiro atoms. The summed E-state index contributed by atoms with van der Waals surface area (Å²) in [6.07, 6.45) is 3.45. The summed E-state index contributed by atoms with van der Waals surface area (Å²) in [5.74, 6) is 0.652. The van der Waals surface area contributed by atoms with E-state index in [1.807, 2.05) is 66.2 Å². The molecule has 2 aromatic heterocycles. The third-order valence-corrected chi connectivity index (χ3v) is 6.68.